The van der Waals surface area contributed by atoms with Crippen molar-refractivity contribution in [3.8, 4) is 0 Å². The van der Waals surface area contributed by atoms with Gasteiger partial charge in [0, 0.05) is 32.4 Å². The highest BCUT2D eigenvalue weighted by Crippen LogP contribution is 2.16. The monoisotopic (exact) mass is 501 g/mol. The van der Waals surface area contributed by atoms with Gasteiger partial charge in [0.05, 0.1) is 19.3 Å². The first kappa shape index (κ1) is 21.9. The molecule has 3 heterocycles. The smallest absolute Gasteiger partial charge is 0.191 e. The van der Waals surface area contributed by atoms with Crippen LogP contribution in [0.4, 0.5) is 5.82 Å². The molecule has 1 unspecified atom stereocenters. The molecule has 2 N–H and O–H groups in total. The summed E-state index contributed by atoms with van der Waals surface area (Å²) in [4.78, 5) is 11.5. The predicted molar refractivity (Wildman–Crippen MR) is 123 cm³/mol. The van der Waals surface area contributed by atoms with Gasteiger partial charge >= 0.3 is 0 Å². The summed E-state index contributed by atoms with van der Waals surface area (Å²) in [5.74, 6) is 1.84. The van der Waals surface area contributed by atoms with Gasteiger partial charge in [-0.2, -0.15) is 11.3 Å². The lowest BCUT2D eigenvalue weighted by Crippen LogP contribution is -2.41. The minimum Gasteiger partial charge on any atom is -0.375 e. The number of morpholine rings is 1. The van der Waals surface area contributed by atoms with Crippen molar-refractivity contribution in [3.05, 3.63) is 46.3 Å². The van der Waals surface area contributed by atoms with E-state index in [0.29, 0.717) is 13.1 Å². The van der Waals surface area contributed by atoms with Crippen molar-refractivity contribution in [1.29, 1.82) is 0 Å². The largest absolute Gasteiger partial charge is 0.375 e. The molecule has 0 bridgehead atoms. The maximum Gasteiger partial charge on any atom is 0.191 e. The fourth-order valence-electron chi connectivity index (χ4n) is 2.85. The van der Waals surface area contributed by atoms with Gasteiger partial charge in [-0.15, -0.1) is 24.0 Å². The Balaban J connectivity index is 0.00000261. The second kappa shape index (κ2) is 11.5. The zero-order valence-corrected chi connectivity index (χ0v) is 19.0. The zero-order valence-electron chi connectivity index (χ0n) is 15.9. The Labute approximate surface area is 182 Å². The molecule has 0 aliphatic carbocycles. The number of nitrogens with one attached hydrogen (secondary N) is 2. The third-order valence-corrected chi connectivity index (χ3v) is 4.91. The van der Waals surface area contributed by atoms with E-state index in [0.717, 1.165) is 38.0 Å². The number of anilines is 1. The summed E-state index contributed by atoms with van der Waals surface area (Å²) in [5.41, 5.74) is 2.43. The standard InChI is InChI=1S/C19H27N5OS.HI/c1-3-20-19(23-12-17-5-9-26-14-17)22-11-16-4-6-21-18(10-16)24-7-8-25-15(2)13-24;/h4-6,9-10,14-15H,3,7-8,11-13H2,1-2H3,(H2,20,22,23);1H. The van der Waals surface area contributed by atoms with E-state index in [4.69, 9.17) is 4.74 Å². The van der Waals surface area contributed by atoms with Crippen LogP contribution in [0.5, 0.6) is 0 Å². The van der Waals surface area contributed by atoms with E-state index in [1.54, 1.807) is 11.3 Å². The molecule has 3 rings (SSSR count). The summed E-state index contributed by atoms with van der Waals surface area (Å²) in [6, 6.07) is 6.30. The quantitative estimate of drug-likeness (QED) is 0.362. The first-order valence-electron chi connectivity index (χ1n) is 9.09. The Morgan fingerprint density at radius 3 is 3.00 bits per heavy atom. The second-order valence-electron chi connectivity index (χ2n) is 6.33. The van der Waals surface area contributed by atoms with Crippen LogP contribution in [0.2, 0.25) is 0 Å². The summed E-state index contributed by atoms with van der Waals surface area (Å²) >= 11 is 1.70. The Morgan fingerprint density at radius 2 is 2.26 bits per heavy atom. The lowest BCUT2D eigenvalue weighted by Gasteiger charge is -2.32. The number of rotatable bonds is 6. The predicted octanol–water partition coefficient (Wildman–Crippen LogP) is 3.24. The third-order valence-electron chi connectivity index (χ3n) is 4.18. The fourth-order valence-corrected chi connectivity index (χ4v) is 3.51. The van der Waals surface area contributed by atoms with E-state index >= 15 is 0 Å². The molecule has 1 fully saturated rings. The molecule has 1 atom stereocenters. The topological polar surface area (TPSA) is 61.8 Å². The summed E-state index contributed by atoms with van der Waals surface area (Å²) in [6.45, 7) is 8.94. The van der Waals surface area contributed by atoms with E-state index in [-0.39, 0.29) is 30.1 Å². The van der Waals surface area contributed by atoms with Crippen LogP contribution in [0.3, 0.4) is 0 Å². The molecular formula is C19H28IN5OS. The van der Waals surface area contributed by atoms with E-state index in [1.807, 2.05) is 12.3 Å². The third kappa shape index (κ3) is 6.93. The molecule has 0 spiro atoms. The Bertz CT molecular complexity index is 710. The van der Waals surface area contributed by atoms with Gasteiger partial charge < -0.3 is 20.3 Å². The number of nitrogens with zero attached hydrogens (tertiary/aromatic N) is 3. The fraction of sp³-hybridized carbons (Fsp3) is 0.474. The Morgan fingerprint density at radius 1 is 1.37 bits per heavy atom. The van der Waals surface area contributed by atoms with Crippen molar-refractivity contribution >= 4 is 47.1 Å². The van der Waals surface area contributed by atoms with Gasteiger partial charge in [0.2, 0.25) is 0 Å². The Hall–Kier alpha value is -1.39. The van der Waals surface area contributed by atoms with Crippen LogP contribution < -0.4 is 15.5 Å². The molecule has 1 saturated heterocycles. The minimum atomic E-state index is 0. The molecule has 1 aliphatic heterocycles. The number of guanidine groups is 1. The first-order chi connectivity index (χ1) is 12.7. The average molecular weight is 501 g/mol. The van der Waals surface area contributed by atoms with Crippen LogP contribution in [-0.4, -0.2) is 43.3 Å². The molecular weight excluding hydrogens is 473 g/mol. The van der Waals surface area contributed by atoms with Crippen LogP contribution in [0.25, 0.3) is 0 Å². The minimum absolute atomic E-state index is 0. The number of aromatic nitrogens is 1. The van der Waals surface area contributed by atoms with Crippen LogP contribution in [0.1, 0.15) is 25.0 Å². The highest BCUT2D eigenvalue weighted by Gasteiger charge is 2.18. The van der Waals surface area contributed by atoms with E-state index in [2.05, 4.69) is 62.3 Å². The normalized spacial score (nSPS) is 17.3. The van der Waals surface area contributed by atoms with Crippen molar-refractivity contribution in [3.63, 3.8) is 0 Å². The zero-order chi connectivity index (χ0) is 18.2. The number of halogens is 1. The van der Waals surface area contributed by atoms with Gasteiger partial charge in [-0.05, 0) is 53.9 Å². The number of hydrogen-bond donors (Lipinski definition) is 2. The van der Waals surface area contributed by atoms with Crippen LogP contribution >= 0.6 is 35.3 Å². The van der Waals surface area contributed by atoms with E-state index in [1.165, 1.54) is 11.1 Å². The highest BCUT2D eigenvalue weighted by molar-refractivity contribution is 14.0. The van der Waals surface area contributed by atoms with E-state index < -0.39 is 0 Å². The molecule has 0 aromatic carbocycles. The van der Waals surface area contributed by atoms with Gasteiger partial charge in [-0.3, -0.25) is 0 Å². The summed E-state index contributed by atoms with van der Waals surface area (Å²) in [6.07, 6.45) is 2.12. The molecule has 0 amide bonds. The molecule has 0 radical (unpaired) electrons. The maximum absolute atomic E-state index is 5.62. The van der Waals surface area contributed by atoms with Crippen molar-refractivity contribution in [2.75, 3.05) is 31.1 Å². The number of aliphatic imine (C=N–C) groups is 1. The number of thiophene rings is 1. The van der Waals surface area contributed by atoms with Crippen LogP contribution in [0, 0.1) is 0 Å². The van der Waals surface area contributed by atoms with Crippen LogP contribution in [-0.2, 0) is 17.8 Å². The number of ether oxygens (including phenoxy) is 1. The highest BCUT2D eigenvalue weighted by atomic mass is 127. The van der Waals surface area contributed by atoms with Gasteiger partial charge in [-0.25, -0.2) is 9.98 Å². The summed E-state index contributed by atoms with van der Waals surface area (Å²) < 4.78 is 5.62. The maximum atomic E-state index is 5.62. The molecule has 6 nitrogen and oxygen atoms in total. The van der Waals surface area contributed by atoms with E-state index in [9.17, 15) is 0 Å². The van der Waals surface area contributed by atoms with Gasteiger partial charge in [-0.1, -0.05) is 0 Å². The molecule has 0 saturated carbocycles. The number of hydrogen-bond acceptors (Lipinski definition) is 5. The lowest BCUT2D eigenvalue weighted by molar-refractivity contribution is 0.0529. The van der Waals surface area contributed by atoms with Crippen LogP contribution in [0.15, 0.2) is 40.1 Å². The van der Waals surface area contributed by atoms with Crippen molar-refractivity contribution in [1.82, 2.24) is 15.6 Å². The van der Waals surface area contributed by atoms with Gasteiger partial charge in [0.25, 0.3) is 0 Å². The number of pyridine rings is 1. The molecule has 8 heteroatoms. The SMILES string of the molecule is CCNC(=NCc1ccsc1)NCc1ccnc(N2CCOC(C)C2)c1.I. The van der Waals surface area contributed by atoms with Crippen molar-refractivity contribution < 1.29 is 4.74 Å². The van der Waals surface area contributed by atoms with Gasteiger partial charge in [0.15, 0.2) is 5.96 Å². The molecule has 27 heavy (non-hydrogen) atoms. The summed E-state index contributed by atoms with van der Waals surface area (Å²) in [7, 11) is 0. The molecule has 2 aromatic rings. The van der Waals surface area contributed by atoms with Crippen molar-refractivity contribution in [2.24, 2.45) is 4.99 Å². The molecule has 2 aromatic heterocycles. The van der Waals surface area contributed by atoms with Crippen molar-refractivity contribution in [2.45, 2.75) is 33.0 Å². The molecule has 148 valence electrons. The first-order valence-corrected chi connectivity index (χ1v) is 10.0. The second-order valence-corrected chi connectivity index (χ2v) is 7.11. The van der Waals surface area contributed by atoms with Gasteiger partial charge in [0.1, 0.15) is 5.82 Å². The Kier molecular flexibility index (Phi) is 9.29. The summed E-state index contributed by atoms with van der Waals surface area (Å²) in [5, 5.41) is 10.9. The average Bonchev–Trinajstić information content (AvgIpc) is 3.18. The lowest BCUT2D eigenvalue weighted by atomic mass is 10.2. The molecule has 1 aliphatic rings.